The van der Waals surface area contributed by atoms with Crippen molar-refractivity contribution in [3.05, 3.63) is 23.0 Å². The summed E-state index contributed by atoms with van der Waals surface area (Å²) in [6, 6.07) is 1.78. The van der Waals surface area contributed by atoms with Crippen LogP contribution >= 0.6 is 0 Å². The number of ether oxygens (including phenoxy) is 1. The standard InChI is InChI=1S/C12H15NO3/c1-7-5-10(8(2)13-7)11(14)6-16-12(15)9-3-4-9/h5,9,13H,3-4,6H2,1-2H3. The Labute approximate surface area is 94.0 Å². The van der Waals surface area contributed by atoms with Gasteiger partial charge >= 0.3 is 5.97 Å². The zero-order valence-corrected chi connectivity index (χ0v) is 9.50. The summed E-state index contributed by atoms with van der Waals surface area (Å²) in [4.78, 5) is 26.0. The number of hydrogen-bond acceptors (Lipinski definition) is 3. The van der Waals surface area contributed by atoms with E-state index < -0.39 is 0 Å². The Kier molecular flexibility index (Phi) is 2.81. The lowest BCUT2D eigenvalue weighted by molar-refractivity contribution is -0.144. The maximum atomic E-state index is 11.7. The van der Waals surface area contributed by atoms with E-state index in [1.807, 2.05) is 13.8 Å². The van der Waals surface area contributed by atoms with Crippen LogP contribution in [0.5, 0.6) is 0 Å². The summed E-state index contributed by atoms with van der Waals surface area (Å²) in [5, 5.41) is 0. The number of aryl methyl sites for hydroxylation is 2. The Bertz CT molecular complexity index is 429. The lowest BCUT2D eigenvalue weighted by atomic mass is 10.1. The first-order valence-electron chi connectivity index (χ1n) is 5.44. The van der Waals surface area contributed by atoms with Crippen LogP contribution in [-0.4, -0.2) is 23.3 Å². The summed E-state index contributed by atoms with van der Waals surface area (Å²) in [6.45, 7) is 3.58. The van der Waals surface area contributed by atoms with Gasteiger partial charge in [0.1, 0.15) is 0 Å². The molecule has 0 aliphatic heterocycles. The highest BCUT2D eigenvalue weighted by atomic mass is 16.5. The van der Waals surface area contributed by atoms with Crippen molar-refractivity contribution in [2.75, 3.05) is 6.61 Å². The molecule has 1 aromatic rings. The molecule has 4 heteroatoms. The normalized spacial score (nSPS) is 14.9. The molecule has 1 aliphatic carbocycles. The molecule has 1 N–H and O–H groups in total. The second-order valence-corrected chi connectivity index (χ2v) is 4.30. The second-order valence-electron chi connectivity index (χ2n) is 4.30. The van der Waals surface area contributed by atoms with Crippen molar-refractivity contribution in [2.45, 2.75) is 26.7 Å². The number of Topliss-reactive ketones (excluding diaryl/α,β-unsaturated/α-hetero) is 1. The SMILES string of the molecule is Cc1cc(C(=O)COC(=O)C2CC2)c(C)[nH]1. The summed E-state index contributed by atoms with van der Waals surface area (Å²) < 4.78 is 4.94. The molecule has 0 saturated heterocycles. The third-order valence-electron chi connectivity index (χ3n) is 2.71. The molecule has 86 valence electrons. The Hall–Kier alpha value is -1.58. The maximum Gasteiger partial charge on any atom is 0.309 e. The van der Waals surface area contributed by atoms with Gasteiger partial charge in [-0.25, -0.2) is 0 Å². The van der Waals surface area contributed by atoms with Gasteiger partial charge in [0.05, 0.1) is 5.92 Å². The molecule has 0 unspecified atom stereocenters. The maximum absolute atomic E-state index is 11.7. The van der Waals surface area contributed by atoms with E-state index in [4.69, 9.17) is 4.74 Å². The van der Waals surface area contributed by atoms with Crippen molar-refractivity contribution in [3.8, 4) is 0 Å². The average molecular weight is 221 g/mol. The predicted octanol–water partition coefficient (Wildman–Crippen LogP) is 1.77. The largest absolute Gasteiger partial charge is 0.457 e. The van der Waals surface area contributed by atoms with E-state index in [-0.39, 0.29) is 24.3 Å². The number of hydrogen-bond donors (Lipinski definition) is 1. The van der Waals surface area contributed by atoms with E-state index in [1.54, 1.807) is 6.07 Å². The third-order valence-corrected chi connectivity index (χ3v) is 2.71. The van der Waals surface area contributed by atoms with Crippen LogP contribution < -0.4 is 0 Å². The Morgan fingerprint density at radius 2 is 2.12 bits per heavy atom. The molecule has 0 aromatic carbocycles. The molecule has 2 rings (SSSR count). The van der Waals surface area contributed by atoms with Crippen molar-refractivity contribution in [1.29, 1.82) is 0 Å². The van der Waals surface area contributed by atoms with E-state index in [2.05, 4.69) is 4.98 Å². The fourth-order valence-electron chi connectivity index (χ4n) is 1.66. The van der Waals surface area contributed by atoms with Crippen molar-refractivity contribution >= 4 is 11.8 Å². The molecular formula is C12H15NO3. The summed E-state index contributed by atoms with van der Waals surface area (Å²) in [5.74, 6) is -0.337. The van der Waals surface area contributed by atoms with E-state index in [0.717, 1.165) is 24.2 Å². The molecule has 0 amide bonds. The minimum Gasteiger partial charge on any atom is -0.457 e. The van der Waals surface area contributed by atoms with Crippen LogP contribution in [0.25, 0.3) is 0 Å². The molecular weight excluding hydrogens is 206 g/mol. The highest BCUT2D eigenvalue weighted by Gasteiger charge is 2.31. The van der Waals surface area contributed by atoms with Gasteiger partial charge in [-0.15, -0.1) is 0 Å². The summed E-state index contributed by atoms with van der Waals surface area (Å²) in [7, 11) is 0. The van der Waals surface area contributed by atoms with Gasteiger partial charge in [-0.05, 0) is 32.8 Å². The van der Waals surface area contributed by atoms with Gasteiger partial charge in [-0.1, -0.05) is 0 Å². The van der Waals surface area contributed by atoms with E-state index in [1.165, 1.54) is 0 Å². The van der Waals surface area contributed by atoms with Gasteiger partial charge in [-0.3, -0.25) is 9.59 Å². The molecule has 1 fully saturated rings. The van der Waals surface area contributed by atoms with Crippen LogP contribution in [0.2, 0.25) is 0 Å². The number of aromatic amines is 1. The van der Waals surface area contributed by atoms with Crippen LogP contribution in [0, 0.1) is 19.8 Å². The lowest BCUT2D eigenvalue weighted by Crippen LogP contribution is -2.15. The first-order valence-corrected chi connectivity index (χ1v) is 5.44. The average Bonchev–Trinajstić information content (AvgIpc) is 3.01. The highest BCUT2D eigenvalue weighted by molar-refractivity contribution is 5.99. The molecule has 1 saturated carbocycles. The van der Waals surface area contributed by atoms with Crippen LogP contribution in [0.3, 0.4) is 0 Å². The molecule has 1 aromatic heterocycles. The Morgan fingerprint density at radius 1 is 1.44 bits per heavy atom. The highest BCUT2D eigenvalue weighted by Crippen LogP contribution is 2.30. The molecule has 0 radical (unpaired) electrons. The number of ketones is 1. The molecule has 0 atom stereocenters. The van der Waals surface area contributed by atoms with Crippen LogP contribution in [0.1, 0.15) is 34.6 Å². The summed E-state index contributed by atoms with van der Waals surface area (Å²) in [5.41, 5.74) is 2.38. The zero-order chi connectivity index (χ0) is 11.7. The smallest absolute Gasteiger partial charge is 0.309 e. The predicted molar refractivity (Wildman–Crippen MR) is 58.3 cm³/mol. The zero-order valence-electron chi connectivity index (χ0n) is 9.50. The molecule has 0 spiro atoms. The first-order chi connectivity index (χ1) is 7.58. The van der Waals surface area contributed by atoms with Crippen molar-refractivity contribution in [2.24, 2.45) is 5.92 Å². The monoisotopic (exact) mass is 221 g/mol. The lowest BCUT2D eigenvalue weighted by Gasteiger charge is -2.02. The van der Waals surface area contributed by atoms with E-state index in [0.29, 0.717) is 5.56 Å². The number of rotatable bonds is 4. The first kappa shape index (κ1) is 10.9. The molecule has 1 heterocycles. The van der Waals surface area contributed by atoms with Gasteiger partial charge < -0.3 is 9.72 Å². The van der Waals surface area contributed by atoms with Gasteiger partial charge in [0.15, 0.2) is 6.61 Å². The number of nitrogens with one attached hydrogen (secondary N) is 1. The number of esters is 1. The van der Waals surface area contributed by atoms with Gasteiger partial charge in [0.25, 0.3) is 0 Å². The van der Waals surface area contributed by atoms with Crippen LogP contribution in [-0.2, 0) is 9.53 Å². The van der Waals surface area contributed by atoms with Gasteiger partial charge in [-0.2, -0.15) is 0 Å². The molecule has 1 aliphatic rings. The van der Waals surface area contributed by atoms with Crippen LogP contribution in [0.4, 0.5) is 0 Å². The van der Waals surface area contributed by atoms with Crippen molar-refractivity contribution in [3.63, 3.8) is 0 Å². The minimum atomic E-state index is -0.238. The quantitative estimate of drug-likeness (QED) is 0.622. The molecule has 4 nitrogen and oxygen atoms in total. The fraction of sp³-hybridized carbons (Fsp3) is 0.500. The number of carbonyl (C=O) groups excluding carboxylic acids is 2. The third kappa shape index (κ3) is 2.32. The number of H-pyrrole nitrogens is 1. The van der Waals surface area contributed by atoms with Crippen LogP contribution in [0.15, 0.2) is 6.07 Å². The topological polar surface area (TPSA) is 59.2 Å². The summed E-state index contributed by atoms with van der Waals surface area (Å²) >= 11 is 0. The number of aromatic nitrogens is 1. The second kappa shape index (κ2) is 4.12. The van der Waals surface area contributed by atoms with Crippen molar-refractivity contribution < 1.29 is 14.3 Å². The fourth-order valence-corrected chi connectivity index (χ4v) is 1.66. The molecule has 0 bridgehead atoms. The Morgan fingerprint density at radius 3 is 2.62 bits per heavy atom. The van der Waals surface area contributed by atoms with E-state index >= 15 is 0 Å². The Balaban J connectivity index is 1.92. The number of carbonyl (C=O) groups is 2. The van der Waals surface area contributed by atoms with Gasteiger partial charge in [0, 0.05) is 17.0 Å². The minimum absolute atomic E-state index is 0.0434. The van der Waals surface area contributed by atoms with Crippen molar-refractivity contribution in [1.82, 2.24) is 4.98 Å². The van der Waals surface area contributed by atoms with E-state index in [9.17, 15) is 9.59 Å². The summed E-state index contributed by atoms with van der Waals surface area (Å²) in [6.07, 6.45) is 1.80. The van der Waals surface area contributed by atoms with Gasteiger partial charge in [0.2, 0.25) is 5.78 Å². The molecule has 16 heavy (non-hydrogen) atoms.